The molecule has 28 heavy (non-hydrogen) atoms. The lowest BCUT2D eigenvalue weighted by Crippen LogP contribution is -2.46. The quantitative estimate of drug-likeness (QED) is 0.657. The molecule has 3 N–H and O–H groups in total. The number of hydrogen-bond donors (Lipinski definition) is 3. The second kappa shape index (κ2) is 7.87. The summed E-state index contributed by atoms with van der Waals surface area (Å²) in [5, 5.41) is 15.5. The average molecular weight is 396 g/mol. The molecule has 1 saturated carbocycles. The van der Waals surface area contributed by atoms with Crippen LogP contribution in [0.3, 0.4) is 0 Å². The largest absolute Gasteiger partial charge is 0.463 e. The van der Waals surface area contributed by atoms with Gasteiger partial charge in [0, 0.05) is 13.0 Å². The van der Waals surface area contributed by atoms with Gasteiger partial charge < -0.3 is 20.2 Å². The zero-order valence-corrected chi connectivity index (χ0v) is 15.4. The van der Waals surface area contributed by atoms with Crippen LogP contribution in [0, 0.1) is 12.8 Å². The van der Waals surface area contributed by atoms with E-state index in [1.807, 2.05) is 30.3 Å². The smallest absolute Gasteiger partial charge is 0.424 e. The molecular weight excluding hydrogens is 373 g/mol. The third-order valence-corrected chi connectivity index (χ3v) is 4.93. The van der Waals surface area contributed by atoms with E-state index >= 15 is 0 Å². The monoisotopic (exact) mass is 396 g/mol. The van der Waals surface area contributed by atoms with E-state index in [4.69, 9.17) is 4.42 Å². The first-order valence-corrected chi connectivity index (χ1v) is 9.16. The number of carbonyl (C=O) groups is 1. The minimum atomic E-state index is -4.93. The highest BCUT2D eigenvalue weighted by atomic mass is 19.4. The highest BCUT2D eigenvalue weighted by Crippen LogP contribution is 2.42. The number of benzene rings is 1. The van der Waals surface area contributed by atoms with E-state index in [0.717, 1.165) is 24.5 Å². The normalized spacial score (nSPS) is 17.6. The van der Waals surface area contributed by atoms with Crippen molar-refractivity contribution in [1.29, 1.82) is 0 Å². The van der Waals surface area contributed by atoms with Gasteiger partial charge in [0.05, 0.1) is 6.04 Å². The maximum atomic E-state index is 13.4. The van der Waals surface area contributed by atoms with E-state index in [9.17, 15) is 23.1 Å². The Labute approximate surface area is 160 Å². The summed E-state index contributed by atoms with van der Waals surface area (Å²) in [6, 6.07) is 11.1. The van der Waals surface area contributed by atoms with E-state index in [2.05, 4.69) is 10.6 Å². The van der Waals surface area contributed by atoms with Gasteiger partial charge in [-0.1, -0.05) is 30.3 Å². The molecule has 2 aromatic rings. The lowest BCUT2D eigenvalue weighted by Gasteiger charge is -2.28. The van der Waals surface area contributed by atoms with Gasteiger partial charge >= 0.3 is 12.2 Å². The van der Waals surface area contributed by atoms with Crippen LogP contribution in [0.1, 0.15) is 42.4 Å². The number of rotatable bonds is 7. The summed E-state index contributed by atoms with van der Waals surface area (Å²) in [4.78, 5) is 12.2. The first-order valence-electron chi connectivity index (χ1n) is 9.16. The Kier molecular flexibility index (Phi) is 5.69. The second-order valence-corrected chi connectivity index (χ2v) is 7.14. The Hall–Kier alpha value is -2.48. The predicted octanol–water partition coefficient (Wildman–Crippen LogP) is 4.18. The van der Waals surface area contributed by atoms with Crippen molar-refractivity contribution in [3.8, 4) is 0 Å². The summed E-state index contributed by atoms with van der Waals surface area (Å²) in [6.07, 6.45) is -3.70. The molecule has 1 heterocycles. The van der Waals surface area contributed by atoms with Gasteiger partial charge in [-0.15, -0.1) is 0 Å². The number of hydrogen-bond acceptors (Lipinski definition) is 3. The SMILES string of the molecule is Cc1ccc([C@@](O)(CCNC(=O)N[C@@H](c2ccccc2)C2CC2)C(F)(F)F)o1. The van der Waals surface area contributed by atoms with Crippen molar-refractivity contribution in [2.45, 2.75) is 44.0 Å². The number of carbonyl (C=O) groups excluding carboxylic acids is 1. The maximum absolute atomic E-state index is 13.4. The zero-order valence-electron chi connectivity index (χ0n) is 15.4. The molecule has 3 rings (SSSR count). The van der Waals surface area contributed by atoms with E-state index in [-0.39, 0.29) is 18.3 Å². The van der Waals surface area contributed by atoms with Crippen LogP contribution in [-0.2, 0) is 5.60 Å². The van der Waals surface area contributed by atoms with Gasteiger partial charge in [-0.3, -0.25) is 0 Å². The van der Waals surface area contributed by atoms with E-state index in [1.165, 1.54) is 13.0 Å². The third-order valence-electron chi connectivity index (χ3n) is 4.93. The van der Waals surface area contributed by atoms with E-state index in [0.29, 0.717) is 5.92 Å². The molecule has 0 radical (unpaired) electrons. The molecule has 8 heteroatoms. The summed E-state index contributed by atoms with van der Waals surface area (Å²) in [5.41, 5.74) is -2.21. The van der Waals surface area contributed by atoms with E-state index < -0.39 is 30.0 Å². The highest BCUT2D eigenvalue weighted by Gasteiger charge is 2.56. The molecule has 1 aromatic carbocycles. The standard InChI is InChI=1S/C20H23F3N2O3/c1-13-7-10-16(28-13)19(27,20(21,22)23)11-12-24-18(26)25-17(15-8-9-15)14-5-3-2-4-6-14/h2-7,10,15,17,27H,8-9,11-12H2,1H3,(H2,24,25,26)/t17-,19-/m0/s1. The molecule has 1 fully saturated rings. The van der Waals surface area contributed by atoms with Gasteiger partial charge in [0.15, 0.2) is 0 Å². The minimum Gasteiger partial charge on any atom is -0.463 e. The van der Waals surface area contributed by atoms with Crippen LogP contribution in [0.4, 0.5) is 18.0 Å². The first-order chi connectivity index (χ1) is 13.2. The number of nitrogens with one attached hydrogen (secondary N) is 2. The van der Waals surface area contributed by atoms with Gasteiger partial charge in [-0.2, -0.15) is 13.2 Å². The summed E-state index contributed by atoms with van der Waals surface area (Å²) < 4.78 is 45.3. The molecule has 0 spiro atoms. The van der Waals surface area contributed by atoms with Crippen LogP contribution < -0.4 is 10.6 Å². The number of halogens is 3. The molecule has 5 nitrogen and oxygen atoms in total. The van der Waals surface area contributed by atoms with Crippen molar-refractivity contribution in [2.75, 3.05) is 6.54 Å². The Bertz CT molecular complexity index is 803. The molecule has 0 saturated heterocycles. The summed E-state index contributed by atoms with van der Waals surface area (Å²) in [7, 11) is 0. The lowest BCUT2D eigenvalue weighted by atomic mass is 9.96. The molecule has 1 aliphatic carbocycles. The van der Waals surface area contributed by atoms with Gasteiger partial charge in [0.25, 0.3) is 0 Å². The third kappa shape index (κ3) is 4.49. The fraction of sp³-hybridized carbons (Fsp3) is 0.450. The van der Waals surface area contributed by atoms with Crippen molar-refractivity contribution in [1.82, 2.24) is 10.6 Å². The van der Waals surface area contributed by atoms with Crippen LogP contribution in [0.15, 0.2) is 46.9 Å². The van der Waals surface area contributed by atoms with Crippen molar-refractivity contribution in [3.05, 3.63) is 59.5 Å². The molecule has 0 bridgehead atoms. The highest BCUT2D eigenvalue weighted by molar-refractivity contribution is 5.74. The fourth-order valence-corrected chi connectivity index (χ4v) is 3.17. The van der Waals surface area contributed by atoms with Crippen LogP contribution in [0.5, 0.6) is 0 Å². The van der Waals surface area contributed by atoms with Crippen LogP contribution >= 0.6 is 0 Å². The van der Waals surface area contributed by atoms with E-state index in [1.54, 1.807) is 0 Å². The molecule has 152 valence electrons. The van der Waals surface area contributed by atoms with Gasteiger partial charge in [0.1, 0.15) is 11.5 Å². The predicted molar refractivity (Wildman–Crippen MR) is 96.5 cm³/mol. The Morgan fingerprint density at radius 3 is 2.43 bits per heavy atom. The fourth-order valence-electron chi connectivity index (χ4n) is 3.17. The number of alkyl halides is 3. The zero-order chi connectivity index (χ0) is 20.4. The molecule has 1 aliphatic rings. The first kappa shape index (κ1) is 20.3. The average Bonchev–Trinajstić information content (AvgIpc) is 3.39. The molecule has 2 atom stereocenters. The number of urea groups is 1. The Morgan fingerprint density at radius 1 is 1.21 bits per heavy atom. The summed E-state index contributed by atoms with van der Waals surface area (Å²) in [5.74, 6) is 0.00437. The van der Waals surface area contributed by atoms with Crippen molar-refractivity contribution >= 4 is 6.03 Å². The second-order valence-electron chi connectivity index (χ2n) is 7.14. The molecule has 0 aliphatic heterocycles. The van der Waals surface area contributed by atoms with Crippen molar-refractivity contribution in [3.63, 3.8) is 0 Å². The number of furan rings is 1. The van der Waals surface area contributed by atoms with Crippen molar-refractivity contribution < 1.29 is 27.5 Å². The van der Waals surface area contributed by atoms with Gasteiger partial charge in [0.2, 0.25) is 5.60 Å². The van der Waals surface area contributed by atoms with Crippen molar-refractivity contribution in [2.24, 2.45) is 5.92 Å². The van der Waals surface area contributed by atoms with Gasteiger partial charge in [-0.25, -0.2) is 4.79 Å². The maximum Gasteiger partial charge on any atom is 0.424 e. The molecule has 0 unspecified atom stereocenters. The minimum absolute atomic E-state index is 0.185. The number of amides is 2. The Balaban J connectivity index is 1.60. The summed E-state index contributed by atoms with van der Waals surface area (Å²) >= 11 is 0. The topological polar surface area (TPSA) is 74.5 Å². The lowest BCUT2D eigenvalue weighted by molar-refractivity contribution is -0.274. The summed E-state index contributed by atoms with van der Waals surface area (Å²) in [6.45, 7) is 1.13. The molecular formula is C20H23F3N2O3. The number of aryl methyl sites for hydroxylation is 1. The molecule has 2 amide bonds. The molecule has 1 aromatic heterocycles. The Morgan fingerprint density at radius 2 is 1.89 bits per heavy atom. The van der Waals surface area contributed by atoms with Crippen LogP contribution in [0.2, 0.25) is 0 Å². The van der Waals surface area contributed by atoms with Gasteiger partial charge in [-0.05, 0) is 43.4 Å². The number of aliphatic hydroxyl groups is 1. The van der Waals surface area contributed by atoms with Crippen LogP contribution in [0.25, 0.3) is 0 Å². The van der Waals surface area contributed by atoms with Crippen LogP contribution in [-0.4, -0.2) is 23.9 Å².